The summed E-state index contributed by atoms with van der Waals surface area (Å²) in [6.45, 7) is 1.73. The second kappa shape index (κ2) is 6.97. The first-order valence-corrected chi connectivity index (χ1v) is 7.47. The number of thiophene rings is 1. The number of ether oxygens (including phenoxy) is 1. The first kappa shape index (κ1) is 16.6. The SMILES string of the molecule is COc1cc(/C=C/C(=O)Nc2c(C)csc2C(=O)O)ccc1O. The number of amides is 1. The average Bonchev–Trinajstić information content (AvgIpc) is 2.87. The zero-order valence-electron chi connectivity index (χ0n) is 12.5. The molecule has 0 bridgehead atoms. The van der Waals surface area contributed by atoms with Crippen LogP contribution in [0.3, 0.4) is 0 Å². The molecule has 1 heterocycles. The highest BCUT2D eigenvalue weighted by atomic mass is 32.1. The quantitative estimate of drug-likeness (QED) is 0.731. The van der Waals surface area contributed by atoms with Crippen molar-refractivity contribution in [1.82, 2.24) is 0 Å². The van der Waals surface area contributed by atoms with Gasteiger partial charge in [-0.05, 0) is 41.6 Å². The number of aromatic hydroxyl groups is 1. The first-order valence-electron chi connectivity index (χ1n) is 6.60. The number of benzene rings is 1. The van der Waals surface area contributed by atoms with Crippen LogP contribution in [0.5, 0.6) is 11.5 Å². The van der Waals surface area contributed by atoms with Gasteiger partial charge < -0.3 is 20.3 Å². The summed E-state index contributed by atoms with van der Waals surface area (Å²) < 4.78 is 4.99. The van der Waals surface area contributed by atoms with Crippen molar-refractivity contribution >= 4 is 35.0 Å². The van der Waals surface area contributed by atoms with Crippen LogP contribution < -0.4 is 10.1 Å². The smallest absolute Gasteiger partial charge is 0.348 e. The molecule has 7 heteroatoms. The number of hydrogen-bond acceptors (Lipinski definition) is 5. The molecule has 0 saturated heterocycles. The van der Waals surface area contributed by atoms with Gasteiger partial charge in [-0.2, -0.15) is 0 Å². The number of nitrogens with one attached hydrogen (secondary N) is 1. The Morgan fingerprint density at radius 2 is 2.09 bits per heavy atom. The lowest BCUT2D eigenvalue weighted by molar-refractivity contribution is -0.111. The standard InChI is InChI=1S/C16H15NO5S/c1-9-8-23-15(16(20)21)14(9)17-13(19)6-4-10-3-5-11(18)12(7-10)22-2/h3-8,18H,1-2H3,(H,17,19)(H,20,21)/b6-4+. The zero-order chi connectivity index (χ0) is 17.0. The van der Waals surface area contributed by atoms with Crippen LogP contribution in [0.25, 0.3) is 6.08 Å². The molecule has 2 rings (SSSR count). The van der Waals surface area contributed by atoms with Gasteiger partial charge in [0.25, 0.3) is 0 Å². The lowest BCUT2D eigenvalue weighted by atomic mass is 10.2. The Labute approximate surface area is 136 Å². The van der Waals surface area contributed by atoms with Crippen LogP contribution in [-0.2, 0) is 4.79 Å². The molecule has 0 aliphatic carbocycles. The fraction of sp³-hybridized carbons (Fsp3) is 0.125. The molecular formula is C16H15NO5S. The van der Waals surface area contributed by atoms with Crippen LogP contribution in [0.2, 0.25) is 0 Å². The number of phenolic OH excluding ortho intramolecular Hbond substituents is 1. The molecule has 0 radical (unpaired) electrons. The molecule has 23 heavy (non-hydrogen) atoms. The monoisotopic (exact) mass is 333 g/mol. The molecule has 1 aromatic carbocycles. The highest BCUT2D eigenvalue weighted by Crippen LogP contribution is 2.28. The molecule has 2 aromatic rings. The maximum atomic E-state index is 12.0. The minimum Gasteiger partial charge on any atom is -0.504 e. The summed E-state index contributed by atoms with van der Waals surface area (Å²) >= 11 is 1.06. The number of aromatic carboxylic acids is 1. The summed E-state index contributed by atoms with van der Waals surface area (Å²) in [7, 11) is 1.43. The second-order valence-corrected chi connectivity index (χ2v) is 5.56. The van der Waals surface area contributed by atoms with E-state index in [0.717, 1.165) is 11.3 Å². The number of carboxylic acid groups (broad SMARTS) is 1. The van der Waals surface area contributed by atoms with Gasteiger partial charge in [0.2, 0.25) is 5.91 Å². The van der Waals surface area contributed by atoms with E-state index in [9.17, 15) is 14.7 Å². The molecule has 6 nitrogen and oxygen atoms in total. The number of carbonyl (C=O) groups is 2. The second-order valence-electron chi connectivity index (χ2n) is 4.68. The van der Waals surface area contributed by atoms with Crippen molar-refractivity contribution in [3.8, 4) is 11.5 Å². The Morgan fingerprint density at radius 1 is 1.35 bits per heavy atom. The van der Waals surface area contributed by atoms with E-state index < -0.39 is 11.9 Å². The summed E-state index contributed by atoms with van der Waals surface area (Å²) in [6.07, 6.45) is 2.83. The number of rotatable bonds is 5. The molecule has 120 valence electrons. The normalized spacial score (nSPS) is 10.7. The van der Waals surface area contributed by atoms with E-state index in [1.165, 1.54) is 19.3 Å². The van der Waals surface area contributed by atoms with E-state index in [4.69, 9.17) is 9.84 Å². The van der Waals surface area contributed by atoms with Crippen LogP contribution >= 0.6 is 11.3 Å². The Balaban J connectivity index is 2.14. The Bertz CT molecular complexity index is 779. The van der Waals surface area contributed by atoms with Crippen molar-refractivity contribution in [2.45, 2.75) is 6.92 Å². The molecule has 0 aliphatic heterocycles. The summed E-state index contributed by atoms with van der Waals surface area (Å²) in [6, 6.07) is 4.67. The number of carboxylic acids is 1. The Hall–Kier alpha value is -2.80. The molecule has 1 amide bonds. The topological polar surface area (TPSA) is 95.9 Å². The van der Waals surface area contributed by atoms with Crippen molar-refractivity contribution in [2.24, 2.45) is 0 Å². The van der Waals surface area contributed by atoms with E-state index in [-0.39, 0.29) is 10.6 Å². The summed E-state index contributed by atoms with van der Waals surface area (Å²) in [5, 5.41) is 22.8. The molecule has 0 atom stereocenters. The van der Waals surface area contributed by atoms with Gasteiger partial charge in [-0.3, -0.25) is 4.79 Å². The highest BCUT2D eigenvalue weighted by Gasteiger charge is 2.16. The molecular weight excluding hydrogens is 318 g/mol. The molecule has 0 aliphatic rings. The molecule has 0 saturated carbocycles. The summed E-state index contributed by atoms with van der Waals surface area (Å²) in [4.78, 5) is 23.2. The summed E-state index contributed by atoms with van der Waals surface area (Å²) in [5.74, 6) is -1.21. The molecule has 3 N–H and O–H groups in total. The maximum absolute atomic E-state index is 12.0. The minimum absolute atomic E-state index is 0.00843. The summed E-state index contributed by atoms with van der Waals surface area (Å²) in [5.41, 5.74) is 1.66. The lowest BCUT2D eigenvalue weighted by Crippen LogP contribution is -2.11. The third-order valence-electron chi connectivity index (χ3n) is 3.05. The van der Waals surface area contributed by atoms with E-state index in [1.54, 1.807) is 30.5 Å². The zero-order valence-corrected chi connectivity index (χ0v) is 13.3. The van der Waals surface area contributed by atoms with Crippen LogP contribution in [-0.4, -0.2) is 29.2 Å². The van der Waals surface area contributed by atoms with Crippen molar-refractivity contribution in [2.75, 3.05) is 12.4 Å². The maximum Gasteiger partial charge on any atom is 0.348 e. The van der Waals surface area contributed by atoms with Gasteiger partial charge in [0, 0.05) is 6.08 Å². The van der Waals surface area contributed by atoms with Gasteiger partial charge in [-0.15, -0.1) is 11.3 Å². The van der Waals surface area contributed by atoms with Crippen molar-refractivity contribution < 1.29 is 24.5 Å². The Morgan fingerprint density at radius 3 is 2.74 bits per heavy atom. The van der Waals surface area contributed by atoms with Gasteiger partial charge in [0.1, 0.15) is 4.88 Å². The molecule has 0 unspecified atom stereocenters. The third-order valence-corrected chi connectivity index (χ3v) is 4.13. The van der Waals surface area contributed by atoms with Crippen LogP contribution in [0.15, 0.2) is 29.7 Å². The number of anilines is 1. The number of carbonyl (C=O) groups excluding carboxylic acids is 1. The van der Waals surface area contributed by atoms with E-state index in [1.807, 2.05) is 0 Å². The largest absolute Gasteiger partial charge is 0.504 e. The van der Waals surface area contributed by atoms with Gasteiger partial charge in [-0.1, -0.05) is 6.07 Å². The predicted octanol–water partition coefficient (Wildman–Crippen LogP) is 3.12. The lowest BCUT2D eigenvalue weighted by Gasteiger charge is -2.04. The molecule has 1 aromatic heterocycles. The van der Waals surface area contributed by atoms with E-state index in [2.05, 4.69) is 5.32 Å². The first-order chi connectivity index (χ1) is 10.9. The van der Waals surface area contributed by atoms with Crippen molar-refractivity contribution in [3.05, 3.63) is 45.7 Å². The van der Waals surface area contributed by atoms with E-state index >= 15 is 0 Å². The van der Waals surface area contributed by atoms with Gasteiger partial charge in [-0.25, -0.2) is 4.79 Å². The van der Waals surface area contributed by atoms with Crippen LogP contribution in [0, 0.1) is 6.92 Å². The number of methoxy groups -OCH3 is 1. The van der Waals surface area contributed by atoms with E-state index in [0.29, 0.717) is 22.6 Å². The fourth-order valence-corrected chi connectivity index (χ4v) is 2.73. The minimum atomic E-state index is -1.08. The van der Waals surface area contributed by atoms with Gasteiger partial charge in [0.05, 0.1) is 12.8 Å². The molecule has 0 spiro atoms. The average molecular weight is 333 g/mol. The molecule has 0 fully saturated rings. The van der Waals surface area contributed by atoms with Crippen LogP contribution in [0.4, 0.5) is 5.69 Å². The van der Waals surface area contributed by atoms with Crippen molar-refractivity contribution in [1.29, 1.82) is 0 Å². The predicted molar refractivity (Wildman–Crippen MR) is 88.3 cm³/mol. The van der Waals surface area contributed by atoms with Crippen molar-refractivity contribution in [3.63, 3.8) is 0 Å². The van der Waals surface area contributed by atoms with Gasteiger partial charge in [0.15, 0.2) is 11.5 Å². The van der Waals surface area contributed by atoms with Gasteiger partial charge >= 0.3 is 5.97 Å². The number of hydrogen-bond donors (Lipinski definition) is 3. The highest BCUT2D eigenvalue weighted by molar-refractivity contribution is 7.12. The third kappa shape index (κ3) is 3.89. The number of aryl methyl sites for hydroxylation is 1. The van der Waals surface area contributed by atoms with Crippen LogP contribution in [0.1, 0.15) is 20.8 Å². The number of phenols is 1. The fourth-order valence-electron chi connectivity index (χ4n) is 1.89. The Kier molecular flexibility index (Phi) is 5.02.